The van der Waals surface area contributed by atoms with Gasteiger partial charge in [-0.25, -0.2) is 9.97 Å². The molecule has 0 amide bonds. The predicted octanol–water partition coefficient (Wildman–Crippen LogP) is 3.06. The average molecular weight is 250 g/mol. The molecule has 0 atom stereocenters. The zero-order chi connectivity index (χ0) is 12.1. The quantitative estimate of drug-likeness (QED) is 0.856. The second-order valence-electron chi connectivity index (χ2n) is 4.01. The molecule has 0 radical (unpaired) electrons. The summed E-state index contributed by atoms with van der Waals surface area (Å²) in [5, 5.41) is 3.37. The molecule has 0 saturated heterocycles. The molecule has 1 N–H and O–H groups in total. The van der Waals surface area contributed by atoms with Crippen LogP contribution in [0.3, 0.4) is 0 Å². The van der Waals surface area contributed by atoms with Crippen molar-refractivity contribution in [3.63, 3.8) is 0 Å². The van der Waals surface area contributed by atoms with Crippen molar-refractivity contribution in [2.45, 2.75) is 39.8 Å². The molecule has 0 aliphatic heterocycles. The predicted molar refractivity (Wildman–Crippen MR) is 71.3 cm³/mol. The molecule has 2 heterocycles. The molecule has 2 rings (SSSR count). The van der Waals surface area contributed by atoms with Crippen LogP contribution in [0.2, 0.25) is 0 Å². The van der Waals surface area contributed by atoms with E-state index in [1.54, 1.807) is 11.3 Å². The number of nitrogens with zero attached hydrogens (tertiary/aromatic N) is 3. The molecular formula is C12H18N4S. The zero-order valence-electron chi connectivity index (χ0n) is 10.3. The van der Waals surface area contributed by atoms with E-state index < -0.39 is 0 Å². The number of hydrogen-bond donors (Lipinski definition) is 1. The van der Waals surface area contributed by atoms with E-state index in [9.17, 15) is 0 Å². The van der Waals surface area contributed by atoms with Crippen LogP contribution in [0.5, 0.6) is 0 Å². The molecule has 2 aromatic rings. The average Bonchev–Trinajstić information content (AvgIpc) is 2.93. The molecule has 0 aliphatic carbocycles. The molecule has 0 unspecified atom stereocenters. The molecule has 0 aromatic carbocycles. The van der Waals surface area contributed by atoms with E-state index in [0.717, 1.165) is 24.7 Å². The minimum absolute atomic E-state index is 0.805. The molecule has 0 spiro atoms. The molecule has 2 aromatic heterocycles. The van der Waals surface area contributed by atoms with Crippen molar-refractivity contribution in [1.29, 1.82) is 0 Å². The fourth-order valence-corrected chi connectivity index (χ4v) is 2.36. The molecule has 92 valence electrons. The molecule has 5 heteroatoms. The van der Waals surface area contributed by atoms with E-state index in [1.807, 2.05) is 24.8 Å². The van der Waals surface area contributed by atoms with Gasteiger partial charge in [-0.3, -0.25) is 0 Å². The fourth-order valence-electron chi connectivity index (χ4n) is 1.64. The van der Waals surface area contributed by atoms with Crippen LogP contribution in [0.4, 0.5) is 5.95 Å². The Morgan fingerprint density at radius 1 is 1.41 bits per heavy atom. The van der Waals surface area contributed by atoms with Gasteiger partial charge in [-0.1, -0.05) is 13.3 Å². The Hall–Kier alpha value is -1.36. The summed E-state index contributed by atoms with van der Waals surface area (Å²) in [5.74, 6) is 0.950. The SMILES string of the molecule is CCCCn1ccnc1NCc1scnc1C. The van der Waals surface area contributed by atoms with Gasteiger partial charge in [0, 0.05) is 23.8 Å². The number of aryl methyl sites for hydroxylation is 2. The van der Waals surface area contributed by atoms with Gasteiger partial charge in [0.1, 0.15) is 0 Å². The van der Waals surface area contributed by atoms with Gasteiger partial charge in [0.15, 0.2) is 0 Å². The first-order chi connectivity index (χ1) is 8.31. The third-order valence-corrected chi connectivity index (χ3v) is 3.66. The number of rotatable bonds is 6. The summed E-state index contributed by atoms with van der Waals surface area (Å²) in [5.41, 5.74) is 2.99. The summed E-state index contributed by atoms with van der Waals surface area (Å²) in [6.45, 7) is 6.07. The molecular weight excluding hydrogens is 232 g/mol. The van der Waals surface area contributed by atoms with Crippen LogP contribution in [-0.4, -0.2) is 14.5 Å². The standard InChI is InChI=1S/C12H18N4S/c1-3-4-6-16-7-5-13-12(16)14-8-11-10(2)15-9-17-11/h5,7,9H,3-4,6,8H2,1-2H3,(H,13,14). The van der Waals surface area contributed by atoms with Crippen LogP contribution >= 0.6 is 11.3 Å². The van der Waals surface area contributed by atoms with Gasteiger partial charge in [-0.15, -0.1) is 11.3 Å². The van der Waals surface area contributed by atoms with Gasteiger partial charge in [0.2, 0.25) is 5.95 Å². The fraction of sp³-hybridized carbons (Fsp3) is 0.500. The summed E-state index contributed by atoms with van der Waals surface area (Å²) in [4.78, 5) is 9.85. The molecule has 0 fully saturated rings. The van der Waals surface area contributed by atoms with Crippen molar-refractivity contribution in [3.8, 4) is 0 Å². The Bertz CT molecular complexity index is 461. The number of anilines is 1. The first kappa shape index (κ1) is 12.1. The van der Waals surface area contributed by atoms with Gasteiger partial charge in [0.25, 0.3) is 0 Å². The van der Waals surface area contributed by atoms with Crippen LogP contribution in [0.1, 0.15) is 30.3 Å². The van der Waals surface area contributed by atoms with Crippen molar-refractivity contribution in [2.24, 2.45) is 0 Å². The highest BCUT2D eigenvalue weighted by molar-refractivity contribution is 7.09. The maximum atomic E-state index is 4.33. The van der Waals surface area contributed by atoms with E-state index in [2.05, 4.69) is 26.8 Å². The van der Waals surface area contributed by atoms with Crippen molar-refractivity contribution < 1.29 is 0 Å². The van der Waals surface area contributed by atoms with Crippen molar-refractivity contribution in [3.05, 3.63) is 28.5 Å². The minimum Gasteiger partial charge on any atom is -0.351 e. The van der Waals surface area contributed by atoms with Crippen molar-refractivity contribution in [2.75, 3.05) is 5.32 Å². The van der Waals surface area contributed by atoms with E-state index >= 15 is 0 Å². The zero-order valence-corrected chi connectivity index (χ0v) is 11.1. The number of nitrogens with one attached hydrogen (secondary N) is 1. The first-order valence-electron chi connectivity index (χ1n) is 5.95. The van der Waals surface area contributed by atoms with Gasteiger partial charge in [-0.2, -0.15) is 0 Å². The number of aromatic nitrogens is 3. The normalized spacial score (nSPS) is 10.7. The maximum Gasteiger partial charge on any atom is 0.203 e. The third kappa shape index (κ3) is 3.06. The summed E-state index contributed by atoms with van der Waals surface area (Å²) >= 11 is 1.68. The second kappa shape index (κ2) is 5.82. The number of imidazole rings is 1. The Kier molecular flexibility index (Phi) is 4.14. The molecule has 17 heavy (non-hydrogen) atoms. The number of thiazole rings is 1. The molecule has 0 bridgehead atoms. The Labute approximate surface area is 106 Å². The van der Waals surface area contributed by atoms with Gasteiger partial charge in [0.05, 0.1) is 17.7 Å². The lowest BCUT2D eigenvalue weighted by Crippen LogP contribution is -2.07. The van der Waals surface area contributed by atoms with Gasteiger partial charge >= 0.3 is 0 Å². The largest absolute Gasteiger partial charge is 0.351 e. The van der Waals surface area contributed by atoms with E-state index in [1.165, 1.54) is 17.7 Å². The molecule has 0 saturated carbocycles. The Morgan fingerprint density at radius 3 is 3.00 bits per heavy atom. The lowest BCUT2D eigenvalue weighted by Gasteiger charge is -2.08. The van der Waals surface area contributed by atoms with Crippen molar-refractivity contribution >= 4 is 17.3 Å². The van der Waals surface area contributed by atoms with Gasteiger partial charge < -0.3 is 9.88 Å². The van der Waals surface area contributed by atoms with Crippen LogP contribution in [0.15, 0.2) is 17.9 Å². The van der Waals surface area contributed by atoms with Crippen LogP contribution in [0, 0.1) is 6.92 Å². The van der Waals surface area contributed by atoms with E-state index in [4.69, 9.17) is 0 Å². The highest BCUT2D eigenvalue weighted by atomic mass is 32.1. The Morgan fingerprint density at radius 2 is 2.29 bits per heavy atom. The third-order valence-electron chi connectivity index (χ3n) is 2.72. The number of hydrogen-bond acceptors (Lipinski definition) is 4. The van der Waals surface area contributed by atoms with E-state index in [-0.39, 0.29) is 0 Å². The lowest BCUT2D eigenvalue weighted by molar-refractivity contribution is 0.635. The van der Waals surface area contributed by atoms with Gasteiger partial charge in [-0.05, 0) is 13.3 Å². The Balaban J connectivity index is 1.95. The summed E-state index contributed by atoms with van der Waals surface area (Å²) in [6, 6.07) is 0. The lowest BCUT2D eigenvalue weighted by atomic mass is 10.3. The monoisotopic (exact) mass is 250 g/mol. The minimum atomic E-state index is 0.805. The topological polar surface area (TPSA) is 42.7 Å². The van der Waals surface area contributed by atoms with Crippen LogP contribution < -0.4 is 5.32 Å². The second-order valence-corrected chi connectivity index (χ2v) is 4.95. The smallest absolute Gasteiger partial charge is 0.203 e. The summed E-state index contributed by atoms with van der Waals surface area (Å²) < 4.78 is 2.17. The molecule has 4 nitrogen and oxygen atoms in total. The van der Waals surface area contributed by atoms with E-state index in [0.29, 0.717) is 0 Å². The van der Waals surface area contributed by atoms with Crippen LogP contribution in [0.25, 0.3) is 0 Å². The molecule has 0 aliphatic rings. The van der Waals surface area contributed by atoms with Crippen molar-refractivity contribution in [1.82, 2.24) is 14.5 Å². The highest BCUT2D eigenvalue weighted by Crippen LogP contribution is 2.14. The highest BCUT2D eigenvalue weighted by Gasteiger charge is 2.04. The summed E-state index contributed by atoms with van der Waals surface area (Å²) in [6.07, 6.45) is 6.26. The maximum absolute atomic E-state index is 4.33. The van der Waals surface area contributed by atoms with Crippen LogP contribution in [-0.2, 0) is 13.1 Å². The first-order valence-corrected chi connectivity index (χ1v) is 6.83. The number of unbranched alkanes of at least 4 members (excludes halogenated alkanes) is 1. The summed E-state index contributed by atoms with van der Waals surface area (Å²) in [7, 11) is 0.